The van der Waals surface area contributed by atoms with E-state index in [9.17, 15) is 19.5 Å². The molecule has 3 amide bonds. The van der Waals surface area contributed by atoms with Crippen LogP contribution in [0.1, 0.15) is 21.5 Å². The van der Waals surface area contributed by atoms with E-state index in [1.807, 2.05) is 72.8 Å². The average Bonchev–Trinajstić information content (AvgIpc) is 2.92. The van der Waals surface area contributed by atoms with Crippen LogP contribution in [0.25, 0.3) is 10.8 Å². The molecule has 4 rings (SSSR count). The van der Waals surface area contributed by atoms with Gasteiger partial charge in [-0.3, -0.25) is 4.79 Å². The van der Waals surface area contributed by atoms with Gasteiger partial charge in [-0.05, 0) is 69.3 Å². The molecule has 4 aromatic carbocycles. The van der Waals surface area contributed by atoms with Crippen molar-refractivity contribution in [2.45, 2.75) is 11.8 Å². The number of hydrogen-bond donors (Lipinski definition) is 3. The molecule has 192 valence electrons. The van der Waals surface area contributed by atoms with Gasteiger partial charge in [0.1, 0.15) is 6.21 Å². The summed E-state index contributed by atoms with van der Waals surface area (Å²) in [5.41, 5.74) is 4.68. The Balaban J connectivity index is 1.55. The summed E-state index contributed by atoms with van der Waals surface area (Å²) in [6.45, 7) is 0. The van der Waals surface area contributed by atoms with Crippen molar-refractivity contribution in [3.8, 4) is 0 Å². The van der Waals surface area contributed by atoms with Crippen molar-refractivity contribution >= 4 is 69.2 Å². The van der Waals surface area contributed by atoms with E-state index < -0.39 is 23.9 Å². The largest absolute Gasteiger partial charge is 0.515 e. The summed E-state index contributed by atoms with van der Waals surface area (Å²) >= 11 is 3.54. The van der Waals surface area contributed by atoms with Gasteiger partial charge in [0.25, 0.3) is 5.91 Å². The molecule has 0 spiro atoms. The van der Waals surface area contributed by atoms with Crippen LogP contribution in [0, 0.1) is 3.57 Å². The first kappa shape index (κ1) is 27.3. The Morgan fingerprint density at radius 3 is 2.29 bits per heavy atom. The molecule has 3 N–H and O–H groups in total. The maximum absolute atomic E-state index is 13.3. The number of carboxylic acids is 1. The van der Waals surface area contributed by atoms with Gasteiger partial charge in [0, 0.05) is 26.2 Å². The highest BCUT2D eigenvalue weighted by molar-refractivity contribution is 14.1. The first-order valence-electron chi connectivity index (χ1n) is 11.7. The second-order valence-corrected chi connectivity index (χ2v) is 10.7. The van der Waals surface area contributed by atoms with Crippen molar-refractivity contribution in [3.05, 3.63) is 117 Å². The lowest BCUT2D eigenvalue weighted by Gasteiger charge is -2.12. The molecule has 1 unspecified atom stereocenters. The topological polar surface area (TPSA) is 98.5 Å². The normalized spacial score (nSPS) is 12.1. The summed E-state index contributed by atoms with van der Waals surface area (Å²) in [6.07, 6.45) is 1.47. The fourth-order valence-corrected chi connectivity index (χ4v) is 4.98. The number of hydrazine groups is 1. The molecule has 0 bridgehead atoms. The van der Waals surface area contributed by atoms with E-state index in [2.05, 4.69) is 33.3 Å². The number of rotatable bonds is 8. The molecule has 0 aliphatic heterocycles. The number of hydrogen-bond acceptors (Lipinski definition) is 4. The van der Waals surface area contributed by atoms with E-state index in [4.69, 9.17) is 0 Å². The minimum atomic E-state index is -1.16. The van der Waals surface area contributed by atoms with Crippen LogP contribution in [0.2, 0.25) is 0 Å². The number of fused-ring (bicyclic) bond motifs is 1. The van der Waals surface area contributed by atoms with Gasteiger partial charge >= 0.3 is 12.0 Å². The number of benzene rings is 4. The van der Waals surface area contributed by atoms with Crippen LogP contribution in [0.5, 0.6) is 0 Å². The van der Waals surface area contributed by atoms with Gasteiger partial charge in [-0.25, -0.2) is 10.1 Å². The molecular formula is C29H25IN3O4S+. The molecule has 0 fully saturated rings. The Morgan fingerprint density at radius 1 is 0.895 bits per heavy atom. The zero-order valence-electron chi connectivity index (χ0n) is 20.2. The highest BCUT2D eigenvalue weighted by Crippen LogP contribution is 2.15. The summed E-state index contributed by atoms with van der Waals surface area (Å²) < 4.78 is 1.97. The number of carboxylic acid groups (broad SMARTS) is 1. The Hall–Kier alpha value is -3.70. The van der Waals surface area contributed by atoms with Gasteiger partial charge < -0.3 is 5.11 Å². The number of carbonyl (C=O) groups is 3. The van der Waals surface area contributed by atoms with E-state index in [0.29, 0.717) is 16.9 Å². The van der Waals surface area contributed by atoms with Gasteiger partial charge in [0.05, 0.1) is 0 Å². The molecule has 0 saturated heterocycles. The van der Waals surface area contributed by atoms with Gasteiger partial charge in [0.2, 0.25) is 6.04 Å². The Kier molecular flexibility index (Phi) is 9.50. The molecule has 4 aromatic rings. The van der Waals surface area contributed by atoms with Crippen LogP contribution in [0.3, 0.4) is 0 Å². The number of nitrogens with zero attached hydrogens (tertiary/aromatic N) is 1. The Labute approximate surface area is 238 Å². The van der Waals surface area contributed by atoms with Crippen molar-refractivity contribution in [3.63, 3.8) is 0 Å². The molecule has 9 heteroatoms. The van der Waals surface area contributed by atoms with Crippen LogP contribution in [-0.4, -0.2) is 45.7 Å². The maximum atomic E-state index is 13.3. The minimum absolute atomic E-state index is 0.158. The molecule has 0 aliphatic carbocycles. The molecule has 0 radical (unpaired) electrons. The third kappa shape index (κ3) is 7.65. The van der Waals surface area contributed by atoms with E-state index >= 15 is 0 Å². The molecule has 0 aromatic heterocycles. The lowest BCUT2D eigenvalue weighted by atomic mass is 10.1. The number of nitrogens with one attached hydrogen (secondary N) is 2. The summed E-state index contributed by atoms with van der Waals surface area (Å²) in [5.74, 6) is -0.894. The fourth-order valence-electron chi connectivity index (χ4n) is 3.62. The number of aliphatic carboxylic acids is 1. The van der Waals surface area contributed by atoms with Crippen LogP contribution in [-0.2, 0) is 10.5 Å². The van der Waals surface area contributed by atoms with Crippen LogP contribution in [0.4, 0.5) is 4.79 Å². The summed E-state index contributed by atoms with van der Waals surface area (Å²) in [5, 5.41) is 14.3. The first-order chi connectivity index (χ1) is 18.4. The Bertz CT molecular complexity index is 1480. The predicted octanol–water partition coefficient (Wildman–Crippen LogP) is 5.32. The number of urea groups is 1. The second-order valence-electron chi connectivity index (χ2n) is 8.39. The zero-order chi connectivity index (χ0) is 26.9. The summed E-state index contributed by atoms with van der Waals surface area (Å²) in [7, 11) is 0. The quantitative estimate of drug-likeness (QED) is 0.105. The predicted molar refractivity (Wildman–Crippen MR) is 159 cm³/mol. The minimum Gasteiger partial charge on any atom is -0.478 e. The number of amides is 3. The second kappa shape index (κ2) is 13.2. The van der Waals surface area contributed by atoms with Crippen LogP contribution < -0.4 is 10.7 Å². The van der Waals surface area contributed by atoms with Gasteiger partial charge in [-0.15, -0.1) is 0 Å². The SMILES string of the molecule is O=C(N/[N+](=C/c1ccc2ccccc2c1)C(=O)NC(CSCc1ccccc1)C(=O)O)c1ccc(I)cc1. The van der Waals surface area contributed by atoms with E-state index in [-0.39, 0.29) is 5.75 Å². The molecule has 38 heavy (non-hydrogen) atoms. The molecule has 0 heterocycles. The van der Waals surface area contributed by atoms with Crippen molar-refractivity contribution in [2.75, 3.05) is 5.75 Å². The maximum Gasteiger partial charge on any atom is 0.515 e. The van der Waals surface area contributed by atoms with Gasteiger partial charge in [-0.1, -0.05) is 71.4 Å². The fraction of sp³-hybridized carbons (Fsp3) is 0.103. The van der Waals surface area contributed by atoms with Gasteiger partial charge in [-0.2, -0.15) is 22.0 Å². The highest BCUT2D eigenvalue weighted by atomic mass is 127. The Morgan fingerprint density at radius 2 is 1.58 bits per heavy atom. The standard InChI is InChI=1S/C29H24IN3O4S/c30-25-14-12-23(13-15-25)27(34)32-33(17-21-10-11-22-8-4-5-9-24(22)16-21)29(37)31-26(28(35)36)19-38-18-20-6-2-1-3-7-20/h1-17,26H,18-19H2,(H2-,31,32,34,35,36,37)/p+1/b33-17+. The van der Waals surface area contributed by atoms with E-state index in [0.717, 1.165) is 24.6 Å². The summed E-state index contributed by atoms with van der Waals surface area (Å²) in [6, 6.07) is 28.1. The molecular weight excluding hydrogens is 613 g/mol. The zero-order valence-corrected chi connectivity index (χ0v) is 23.2. The monoisotopic (exact) mass is 638 g/mol. The van der Waals surface area contributed by atoms with Crippen LogP contribution >= 0.6 is 34.4 Å². The molecule has 0 aliphatic rings. The first-order valence-corrected chi connectivity index (χ1v) is 14.0. The number of thioether (sulfide) groups is 1. The number of halogens is 1. The van der Waals surface area contributed by atoms with E-state index in [1.54, 1.807) is 24.3 Å². The molecule has 7 nitrogen and oxygen atoms in total. The third-order valence-corrected chi connectivity index (χ3v) is 7.42. The highest BCUT2D eigenvalue weighted by Gasteiger charge is 2.29. The summed E-state index contributed by atoms with van der Waals surface area (Å²) in [4.78, 5) is 38.2. The molecule has 0 saturated carbocycles. The smallest absolute Gasteiger partial charge is 0.478 e. The third-order valence-electron chi connectivity index (χ3n) is 5.59. The average molecular weight is 639 g/mol. The van der Waals surface area contributed by atoms with Crippen molar-refractivity contribution in [2.24, 2.45) is 0 Å². The lowest BCUT2D eigenvalue weighted by molar-refractivity contribution is -0.472. The van der Waals surface area contributed by atoms with Crippen LogP contribution in [0.15, 0.2) is 97.1 Å². The van der Waals surface area contributed by atoms with E-state index in [1.165, 1.54) is 18.0 Å². The number of carbonyl (C=O) groups excluding carboxylic acids is 2. The molecule has 1 atom stereocenters. The van der Waals surface area contributed by atoms with Gasteiger partial charge in [0.15, 0.2) is 0 Å². The number of hydrazone groups is 1. The lowest BCUT2D eigenvalue weighted by Crippen LogP contribution is -2.51. The van der Waals surface area contributed by atoms with Crippen molar-refractivity contribution in [1.82, 2.24) is 10.7 Å². The van der Waals surface area contributed by atoms with Crippen molar-refractivity contribution in [1.29, 1.82) is 0 Å². The van der Waals surface area contributed by atoms with Crippen molar-refractivity contribution < 1.29 is 24.2 Å².